The van der Waals surface area contributed by atoms with E-state index in [0.717, 1.165) is 26.6 Å². The summed E-state index contributed by atoms with van der Waals surface area (Å²) in [7, 11) is 0. The van der Waals surface area contributed by atoms with E-state index in [4.69, 9.17) is 4.74 Å². The molecule has 4 aromatic rings. The molecule has 3 aromatic carbocycles. The van der Waals surface area contributed by atoms with Gasteiger partial charge >= 0.3 is 0 Å². The maximum Gasteiger partial charge on any atom is 0.261 e. The zero-order valence-electron chi connectivity index (χ0n) is 15.9. The van der Waals surface area contributed by atoms with E-state index in [1.807, 2.05) is 72.8 Å². The van der Waals surface area contributed by atoms with Crippen molar-refractivity contribution in [3.8, 4) is 5.75 Å². The van der Waals surface area contributed by atoms with E-state index in [2.05, 4.69) is 36.8 Å². The van der Waals surface area contributed by atoms with E-state index in [-0.39, 0.29) is 12.5 Å². The Morgan fingerprint density at radius 1 is 1.07 bits per heavy atom. The van der Waals surface area contributed by atoms with Crippen molar-refractivity contribution in [2.45, 2.75) is 13.2 Å². The molecule has 1 aromatic heterocycles. The summed E-state index contributed by atoms with van der Waals surface area (Å²) < 4.78 is 8.47. The number of halogens is 1. The van der Waals surface area contributed by atoms with E-state index in [9.17, 15) is 4.79 Å². The topological polar surface area (TPSA) is 81.4 Å². The molecule has 150 valence electrons. The Bertz CT molecular complexity index is 1190. The van der Waals surface area contributed by atoms with Crippen molar-refractivity contribution >= 4 is 39.1 Å². The number of aromatic nitrogens is 3. The van der Waals surface area contributed by atoms with Crippen LogP contribution < -0.4 is 10.2 Å². The molecule has 0 bridgehead atoms. The van der Waals surface area contributed by atoms with E-state index in [0.29, 0.717) is 12.4 Å². The zero-order valence-corrected chi connectivity index (χ0v) is 17.5. The van der Waals surface area contributed by atoms with E-state index < -0.39 is 0 Å². The summed E-state index contributed by atoms with van der Waals surface area (Å²) >= 11 is 3.42. The lowest BCUT2D eigenvalue weighted by atomic mass is 10.2. The van der Waals surface area contributed by atoms with Gasteiger partial charge in [0, 0.05) is 10.0 Å². The van der Waals surface area contributed by atoms with Gasteiger partial charge in [0.25, 0.3) is 5.91 Å². The Hall–Kier alpha value is -3.52. The number of para-hydroxylation sites is 2. The number of hydrogen-bond donors (Lipinski definition) is 1. The summed E-state index contributed by atoms with van der Waals surface area (Å²) in [5.41, 5.74) is 5.88. The van der Waals surface area contributed by atoms with Crippen LogP contribution in [0.3, 0.4) is 0 Å². The summed E-state index contributed by atoms with van der Waals surface area (Å²) in [6.45, 7) is 0.462. The fourth-order valence-corrected chi connectivity index (χ4v) is 3.10. The molecule has 0 aliphatic carbocycles. The Kier molecular flexibility index (Phi) is 6.14. The van der Waals surface area contributed by atoms with Crippen LogP contribution in [0.1, 0.15) is 11.1 Å². The first-order chi connectivity index (χ1) is 14.7. The number of hydrazone groups is 1. The summed E-state index contributed by atoms with van der Waals surface area (Å²) in [6.07, 6.45) is 1.56. The minimum Gasteiger partial charge on any atom is -0.488 e. The first kappa shape index (κ1) is 19.8. The van der Waals surface area contributed by atoms with Gasteiger partial charge in [-0.15, -0.1) is 5.10 Å². The molecule has 1 amide bonds. The van der Waals surface area contributed by atoms with Gasteiger partial charge in [-0.1, -0.05) is 57.5 Å². The molecule has 0 saturated carbocycles. The third kappa shape index (κ3) is 4.90. The van der Waals surface area contributed by atoms with Gasteiger partial charge in [0.15, 0.2) is 0 Å². The number of carbonyl (C=O) groups excluding carboxylic acids is 1. The van der Waals surface area contributed by atoms with Crippen molar-refractivity contribution in [1.82, 2.24) is 20.4 Å². The van der Waals surface area contributed by atoms with Gasteiger partial charge in [-0.2, -0.15) is 5.10 Å². The number of nitrogens with one attached hydrogen (secondary N) is 1. The van der Waals surface area contributed by atoms with E-state index in [1.54, 1.807) is 6.21 Å². The molecule has 30 heavy (non-hydrogen) atoms. The number of fused-ring (bicyclic) bond motifs is 1. The van der Waals surface area contributed by atoms with Gasteiger partial charge in [-0.25, -0.2) is 10.1 Å². The molecule has 1 heterocycles. The van der Waals surface area contributed by atoms with Gasteiger partial charge in [-0.3, -0.25) is 4.79 Å². The third-order valence-corrected chi connectivity index (χ3v) is 4.86. The van der Waals surface area contributed by atoms with Crippen LogP contribution in [0.4, 0.5) is 0 Å². The summed E-state index contributed by atoms with van der Waals surface area (Å²) in [5.74, 6) is 0.385. The molecule has 8 heteroatoms. The van der Waals surface area contributed by atoms with Crippen LogP contribution in [-0.2, 0) is 17.9 Å². The highest BCUT2D eigenvalue weighted by Gasteiger charge is 2.08. The summed E-state index contributed by atoms with van der Waals surface area (Å²) in [4.78, 5) is 12.2. The maximum atomic E-state index is 12.2. The molecule has 0 fully saturated rings. The number of hydrogen-bond acceptors (Lipinski definition) is 5. The Morgan fingerprint density at radius 3 is 2.70 bits per heavy atom. The van der Waals surface area contributed by atoms with Crippen LogP contribution in [0.2, 0.25) is 0 Å². The minimum absolute atomic E-state index is 0.0273. The fraction of sp³-hybridized carbons (Fsp3) is 0.0909. The van der Waals surface area contributed by atoms with Crippen LogP contribution in [0.25, 0.3) is 11.0 Å². The lowest BCUT2D eigenvalue weighted by molar-refractivity contribution is -0.121. The first-order valence-corrected chi connectivity index (χ1v) is 10.0. The van der Waals surface area contributed by atoms with Crippen LogP contribution in [0.15, 0.2) is 82.4 Å². The quantitative estimate of drug-likeness (QED) is 0.332. The monoisotopic (exact) mass is 463 g/mol. The second-order valence-corrected chi connectivity index (χ2v) is 7.40. The SMILES string of the molecule is O=C(Cn1nnc2ccccc21)N/N=C/c1ccccc1OCc1ccc(Br)cc1. The van der Waals surface area contributed by atoms with Crippen LogP contribution in [-0.4, -0.2) is 27.1 Å². The number of ether oxygens (including phenoxy) is 1. The highest BCUT2D eigenvalue weighted by Crippen LogP contribution is 2.18. The molecule has 0 unspecified atom stereocenters. The molecule has 4 rings (SSSR count). The molecule has 0 radical (unpaired) electrons. The zero-order chi connectivity index (χ0) is 20.8. The van der Waals surface area contributed by atoms with Gasteiger partial charge < -0.3 is 4.74 Å². The second kappa shape index (κ2) is 9.32. The number of nitrogens with zero attached hydrogens (tertiary/aromatic N) is 4. The van der Waals surface area contributed by atoms with E-state index >= 15 is 0 Å². The Labute approximate surface area is 181 Å². The highest BCUT2D eigenvalue weighted by atomic mass is 79.9. The van der Waals surface area contributed by atoms with Crippen LogP contribution >= 0.6 is 15.9 Å². The number of amides is 1. The smallest absolute Gasteiger partial charge is 0.261 e. The Balaban J connectivity index is 1.36. The second-order valence-electron chi connectivity index (χ2n) is 6.48. The highest BCUT2D eigenvalue weighted by molar-refractivity contribution is 9.10. The number of rotatable bonds is 7. The van der Waals surface area contributed by atoms with Crippen molar-refractivity contribution < 1.29 is 9.53 Å². The number of carbonyl (C=O) groups is 1. The Morgan fingerprint density at radius 2 is 1.83 bits per heavy atom. The van der Waals surface area contributed by atoms with Crippen molar-refractivity contribution in [3.05, 3.63) is 88.4 Å². The maximum absolute atomic E-state index is 12.2. The van der Waals surface area contributed by atoms with Gasteiger partial charge in [0.1, 0.15) is 24.4 Å². The van der Waals surface area contributed by atoms with Gasteiger partial charge in [0.05, 0.1) is 11.7 Å². The predicted molar refractivity (Wildman–Crippen MR) is 118 cm³/mol. The largest absolute Gasteiger partial charge is 0.488 e. The van der Waals surface area contributed by atoms with Crippen molar-refractivity contribution in [2.75, 3.05) is 0 Å². The van der Waals surface area contributed by atoms with Crippen LogP contribution in [0.5, 0.6) is 5.75 Å². The molecule has 0 aliphatic rings. The molecule has 0 spiro atoms. The standard InChI is InChI=1S/C22H18BrN5O2/c23-18-11-9-16(10-12-18)15-30-21-8-4-1-5-17(21)13-24-26-22(29)14-28-20-7-3-2-6-19(20)25-27-28/h1-13H,14-15H2,(H,26,29)/b24-13+. The van der Waals surface area contributed by atoms with Crippen molar-refractivity contribution in [1.29, 1.82) is 0 Å². The molecule has 1 N–H and O–H groups in total. The summed E-state index contributed by atoms with van der Waals surface area (Å²) in [6, 6.07) is 22.9. The fourth-order valence-electron chi connectivity index (χ4n) is 2.84. The predicted octanol–water partition coefficient (Wildman–Crippen LogP) is 3.92. The van der Waals surface area contributed by atoms with E-state index in [1.165, 1.54) is 4.68 Å². The van der Waals surface area contributed by atoms with Crippen molar-refractivity contribution in [3.63, 3.8) is 0 Å². The average molecular weight is 464 g/mol. The minimum atomic E-state index is -0.296. The van der Waals surface area contributed by atoms with Crippen LogP contribution in [0, 0.1) is 0 Å². The normalized spacial score (nSPS) is 11.1. The first-order valence-electron chi connectivity index (χ1n) is 9.25. The third-order valence-electron chi connectivity index (χ3n) is 4.33. The lowest BCUT2D eigenvalue weighted by Crippen LogP contribution is -2.23. The molecule has 0 aliphatic heterocycles. The summed E-state index contributed by atoms with van der Waals surface area (Å²) in [5, 5.41) is 12.1. The van der Waals surface area contributed by atoms with Gasteiger partial charge in [-0.05, 0) is 42.0 Å². The van der Waals surface area contributed by atoms with Gasteiger partial charge in [0.2, 0.25) is 0 Å². The molecular weight excluding hydrogens is 446 g/mol. The number of benzene rings is 3. The average Bonchev–Trinajstić information content (AvgIpc) is 3.17. The van der Waals surface area contributed by atoms with Crippen molar-refractivity contribution in [2.24, 2.45) is 5.10 Å². The lowest BCUT2D eigenvalue weighted by Gasteiger charge is -2.09. The molecular formula is C22H18BrN5O2. The molecule has 0 saturated heterocycles. The molecule has 0 atom stereocenters. The molecule has 7 nitrogen and oxygen atoms in total.